The van der Waals surface area contributed by atoms with Gasteiger partial charge in [0.25, 0.3) is 0 Å². The minimum atomic E-state index is -0.0314. The van der Waals surface area contributed by atoms with Crippen LogP contribution in [0.2, 0.25) is 0 Å². The van der Waals surface area contributed by atoms with Crippen molar-refractivity contribution in [2.75, 3.05) is 36.9 Å². The number of aliphatic hydroxyl groups excluding tert-OH is 2. The van der Waals surface area contributed by atoms with Gasteiger partial charge in [-0.25, -0.2) is 15.0 Å². The zero-order chi connectivity index (χ0) is 23.5. The molecule has 0 amide bonds. The van der Waals surface area contributed by atoms with E-state index in [-0.39, 0.29) is 13.2 Å². The quantitative estimate of drug-likeness (QED) is 0.398. The van der Waals surface area contributed by atoms with Crippen LogP contribution >= 0.6 is 23.1 Å². The second kappa shape index (κ2) is 10.4. The molecule has 2 aliphatic rings. The van der Waals surface area contributed by atoms with E-state index >= 15 is 0 Å². The van der Waals surface area contributed by atoms with Crippen LogP contribution in [-0.4, -0.2) is 56.7 Å². The number of rotatable bonds is 9. The number of hydrogen-bond acceptors (Lipinski definition) is 9. The first-order valence-corrected chi connectivity index (χ1v) is 13.4. The number of hydrogen-bond donors (Lipinski definition) is 3. The Bertz CT molecular complexity index is 1210. The van der Waals surface area contributed by atoms with Crippen molar-refractivity contribution in [3.63, 3.8) is 0 Å². The summed E-state index contributed by atoms with van der Waals surface area (Å²) in [5.74, 6) is 0.477. The highest BCUT2D eigenvalue weighted by Crippen LogP contribution is 2.48. The molecule has 1 saturated carbocycles. The molecule has 0 aromatic carbocycles. The molecule has 1 fully saturated rings. The minimum Gasteiger partial charge on any atom is -0.397 e. The van der Waals surface area contributed by atoms with Crippen molar-refractivity contribution in [3.05, 3.63) is 42.3 Å². The summed E-state index contributed by atoms with van der Waals surface area (Å²) in [4.78, 5) is 16.7. The van der Waals surface area contributed by atoms with E-state index in [1.54, 1.807) is 28.6 Å². The number of aromatic nitrogens is 3. The monoisotopic (exact) mass is 495 g/mol. The SMILES string of the molecule is Nc1c(SC2CCC2)sc2nc(-c3cnc(N(CCO)CCO)nc3)cc(C3=CCCC=C3)c12. The molecule has 0 radical (unpaired) electrons. The summed E-state index contributed by atoms with van der Waals surface area (Å²) in [6.07, 6.45) is 16.1. The van der Waals surface area contributed by atoms with Gasteiger partial charge in [-0.05, 0) is 42.9 Å². The number of thiophene rings is 1. The number of fused-ring (bicyclic) bond motifs is 1. The first kappa shape index (κ1) is 23.3. The Labute approximate surface area is 207 Å². The lowest BCUT2D eigenvalue weighted by Crippen LogP contribution is -2.31. The molecule has 0 bridgehead atoms. The molecule has 0 spiro atoms. The van der Waals surface area contributed by atoms with Crippen LogP contribution in [-0.2, 0) is 0 Å². The van der Waals surface area contributed by atoms with E-state index in [2.05, 4.69) is 34.3 Å². The van der Waals surface area contributed by atoms with Crippen LogP contribution in [0.3, 0.4) is 0 Å². The summed E-state index contributed by atoms with van der Waals surface area (Å²) in [7, 11) is 0. The van der Waals surface area contributed by atoms with E-state index in [9.17, 15) is 10.2 Å². The number of nitrogen functional groups attached to an aromatic ring is 1. The molecular weight excluding hydrogens is 466 g/mol. The van der Waals surface area contributed by atoms with E-state index in [4.69, 9.17) is 10.7 Å². The number of thioether (sulfide) groups is 1. The minimum absolute atomic E-state index is 0.0314. The van der Waals surface area contributed by atoms with Gasteiger partial charge in [-0.2, -0.15) is 0 Å². The summed E-state index contributed by atoms with van der Waals surface area (Å²) in [6, 6.07) is 2.10. The molecule has 3 aromatic rings. The van der Waals surface area contributed by atoms with Crippen LogP contribution in [0.1, 0.15) is 37.7 Å². The van der Waals surface area contributed by atoms with Gasteiger partial charge in [-0.15, -0.1) is 23.1 Å². The predicted molar refractivity (Wildman–Crippen MR) is 141 cm³/mol. The van der Waals surface area contributed by atoms with Gasteiger partial charge < -0.3 is 20.8 Å². The van der Waals surface area contributed by atoms with Crippen LogP contribution in [0.5, 0.6) is 0 Å². The zero-order valence-corrected chi connectivity index (χ0v) is 20.6. The Hall–Kier alpha value is -2.46. The molecule has 0 saturated heterocycles. The van der Waals surface area contributed by atoms with Gasteiger partial charge in [-0.1, -0.05) is 24.6 Å². The number of aliphatic hydroxyl groups is 2. The van der Waals surface area contributed by atoms with Crippen molar-refractivity contribution in [2.24, 2.45) is 0 Å². The molecule has 7 nitrogen and oxygen atoms in total. The maximum absolute atomic E-state index is 9.30. The number of nitrogens with two attached hydrogens (primary N) is 1. The third kappa shape index (κ3) is 4.70. The van der Waals surface area contributed by atoms with Crippen LogP contribution in [0, 0.1) is 0 Å². The van der Waals surface area contributed by atoms with Gasteiger partial charge in [0.1, 0.15) is 4.83 Å². The maximum atomic E-state index is 9.30. The highest BCUT2D eigenvalue weighted by molar-refractivity contribution is 8.02. The highest BCUT2D eigenvalue weighted by Gasteiger charge is 2.24. The van der Waals surface area contributed by atoms with Crippen molar-refractivity contribution >= 4 is 50.5 Å². The summed E-state index contributed by atoms with van der Waals surface area (Å²) in [6.45, 7) is 0.669. The maximum Gasteiger partial charge on any atom is 0.225 e. The van der Waals surface area contributed by atoms with Gasteiger partial charge in [0.05, 0.1) is 28.8 Å². The van der Waals surface area contributed by atoms with Gasteiger partial charge in [0.15, 0.2) is 0 Å². The highest BCUT2D eigenvalue weighted by atomic mass is 32.2. The van der Waals surface area contributed by atoms with Crippen molar-refractivity contribution in [3.8, 4) is 11.3 Å². The van der Waals surface area contributed by atoms with E-state index < -0.39 is 0 Å². The van der Waals surface area contributed by atoms with E-state index in [1.165, 1.54) is 29.0 Å². The second-order valence-electron chi connectivity index (χ2n) is 8.55. The number of pyridine rings is 1. The third-order valence-corrected chi connectivity index (χ3v) is 8.92. The lowest BCUT2D eigenvalue weighted by atomic mass is 9.96. The topological polar surface area (TPSA) is 108 Å². The van der Waals surface area contributed by atoms with Crippen molar-refractivity contribution in [2.45, 2.75) is 41.6 Å². The van der Waals surface area contributed by atoms with E-state index in [0.717, 1.165) is 45.6 Å². The zero-order valence-electron chi connectivity index (χ0n) is 19.0. The predicted octanol–water partition coefficient (Wildman–Crippen LogP) is 4.50. The Balaban J connectivity index is 1.56. The van der Waals surface area contributed by atoms with Gasteiger partial charge in [-0.3, -0.25) is 0 Å². The van der Waals surface area contributed by atoms with Crippen molar-refractivity contribution in [1.29, 1.82) is 0 Å². The van der Waals surface area contributed by atoms with E-state index in [0.29, 0.717) is 24.3 Å². The summed E-state index contributed by atoms with van der Waals surface area (Å²) in [5.41, 5.74) is 11.5. The number of nitrogens with zero attached hydrogens (tertiary/aromatic N) is 4. The van der Waals surface area contributed by atoms with Crippen molar-refractivity contribution in [1.82, 2.24) is 15.0 Å². The first-order valence-electron chi connectivity index (χ1n) is 11.7. The van der Waals surface area contributed by atoms with Gasteiger partial charge >= 0.3 is 0 Å². The molecule has 0 aliphatic heterocycles. The fourth-order valence-corrected chi connectivity index (χ4v) is 6.98. The third-order valence-electron chi connectivity index (χ3n) is 6.25. The Morgan fingerprint density at radius 1 is 1.12 bits per heavy atom. The summed E-state index contributed by atoms with van der Waals surface area (Å²) >= 11 is 3.58. The first-order chi connectivity index (χ1) is 16.7. The summed E-state index contributed by atoms with van der Waals surface area (Å²) < 4.78 is 1.17. The van der Waals surface area contributed by atoms with Crippen LogP contribution in [0.4, 0.5) is 11.6 Å². The Morgan fingerprint density at radius 3 is 2.50 bits per heavy atom. The molecule has 9 heteroatoms. The standard InChI is InChI=1S/C25H29N5O2S2/c26-22-21-19(16-5-2-1-3-6-16)13-20(29-23(21)34-24(22)33-18-7-4-8-18)17-14-27-25(28-15-17)30(9-11-31)10-12-32/h2,5-6,13-15,18,31-32H,1,3-4,7-12,26H2. The Kier molecular flexibility index (Phi) is 7.15. The lowest BCUT2D eigenvalue weighted by molar-refractivity contribution is 0.280. The molecule has 0 atom stereocenters. The second-order valence-corrected chi connectivity index (χ2v) is 11.1. The van der Waals surface area contributed by atoms with E-state index in [1.807, 2.05) is 11.8 Å². The fourth-order valence-electron chi connectivity index (χ4n) is 4.19. The number of allylic oxidation sites excluding steroid dienone is 4. The molecule has 34 heavy (non-hydrogen) atoms. The lowest BCUT2D eigenvalue weighted by Gasteiger charge is -2.23. The smallest absolute Gasteiger partial charge is 0.225 e. The van der Waals surface area contributed by atoms with Gasteiger partial charge in [0, 0.05) is 41.7 Å². The molecular formula is C25H29N5O2S2. The average Bonchev–Trinajstić information content (AvgIpc) is 3.16. The normalized spacial score (nSPS) is 16.0. The van der Waals surface area contributed by atoms with Crippen molar-refractivity contribution < 1.29 is 10.2 Å². The molecule has 3 aromatic heterocycles. The van der Waals surface area contributed by atoms with Crippen LogP contribution < -0.4 is 10.6 Å². The molecule has 4 N–H and O–H groups in total. The van der Waals surface area contributed by atoms with Crippen LogP contribution in [0.25, 0.3) is 27.0 Å². The molecule has 0 unspecified atom stereocenters. The number of anilines is 2. The molecule has 178 valence electrons. The summed E-state index contributed by atoms with van der Waals surface area (Å²) in [5, 5.41) is 20.3. The molecule has 2 aliphatic carbocycles. The largest absolute Gasteiger partial charge is 0.397 e. The molecule has 3 heterocycles. The fraction of sp³-hybridized carbons (Fsp3) is 0.400. The average molecular weight is 496 g/mol. The van der Waals surface area contributed by atoms with Crippen LogP contribution in [0.15, 0.2) is 40.9 Å². The Morgan fingerprint density at radius 2 is 1.88 bits per heavy atom. The molecule has 5 rings (SSSR count). The van der Waals surface area contributed by atoms with Gasteiger partial charge in [0.2, 0.25) is 5.95 Å².